The normalized spacial score (nSPS) is 11.0. The van der Waals surface area contributed by atoms with E-state index in [2.05, 4.69) is 34.1 Å². The van der Waals surface area contributed by atoms with Gasteiger partial charge < -0.3 is 15.2 Å². The van der Waals surface area contributed by atoms with Gasteiger partial charge in [0.15, 0.2) is 5.65 Å². The van der Waals surface area contributed by atoms with Crippen molar-refractivity contribution in [1.82, 2.24) is 19.6 Å². The zero-order valence-electron chi connectivity index (χ0n) is 14.9. The van der Waals surface area contributed by atoms with Crippen molar-refractivity contribution in [3.05, 3.63) is 52.1 Å². The second-order valence-corrected chi connectivity index (χ2v) is 6.06. The van der Waals surface area contributed by atoms with Gasteiger partial charge in [-0.25, -0.2) is 4.98 Å². The molecular formula is C18H24N6O. The number of nitrogens with zero attached hydrogens (tertiary/aromatic N) is 4. The fraction of sp³-hybridized carbons (Fsp3) is 0.389. The first-order chi connectivity index (χ1) is 12.1. The van der Waals surface area contributed by atoms with Crippen LogP contribution in [-0.4, -0.2) is 32.7 Å². The molecule has 132 valence electrons. The van der Waals surface area contributed by atoms with Crippen LogP contribution < -0.4 is 15.8 Å². The molecule has 0 saturated heterocycles. The molecule has 7 heteroatoms. The summed E-state index contributed by atoms with van der Waals surface area (Å²) in [5, 5.41) is 7.84. The molecule has 0 spiro atoms. The van der Waals surface area contributed by atoms with Gasteiger partial charge >= 0.3 is 0 Å². The van der Waals surface area contributed by atoms with E-state index in [1.807, 2.05) is 29.8 Å². The van der Waals surface area contributed by atoms with E-state index in [4.69, 9.17) is 4.98 Å². The maximum Gasteiger partial charge on any atom is 0.247 e. The van der Waals surface area contributed by atoms with Gasteiger partial charge in [-0.05, 0) is 25.8 Å². The number of H-pyrrole nitrogens is 1. The second-order valence-electron chi connectivity index (χ2n) is 6.06. The maximum absolute atomic E-state index is 11.2. The van der Waals surface area contributed by atoms with E-state index in [-0.39, 0.29) is 5.56 Å². The first-order valence-electron chi connectivity index (χ1n) is 8.64. The molecule has 0 fully saturated rings. The van der Waals surface area contributed by atoms with Gasteiger partial charge in [-0.1, -0.05) is 13.0 Å². The number of aryl methyl sites for hydroxylation is 1. The predicted octanol–water partition coefficient (Wildman–Crippen LogP) is 2.57. The molecular weight excluding hydrogens is 316 g/mol. The zero-order chi connectivity index (χ0) is 17.8. The van der Waals surface area contributed by atoms with Crippen molar-refractivity contribution in [2.45, 2.75) is 33.7 Å². The van der Waals surface area contributed by atoms with Crippen molar-refractivity contribution in [3.8, 4) is 0 Å². The lowest BCUT2D eigenvalue weighted by atomic mass is 10.3. The Morgan fingerprint density at radius 3 is 2.84 bits per heavy atom. The van der Waals surface area contributed by atoms with E-state index >= 15 is 0 Å². The second kappa shape index (κ2) is 7.38. The lowest BCUT2D eigenvalue weighted by Crippen LogP contribution is -2.25. The monoisotopic (exact) mass is 340 g/mol. The first kappa shape index (κ1) is 17.0. The number of aromatic nitrogens is 4. The van der Waals surface area contributed by atoms with Crippen LogP contribution in [0.4, 0.5) is 11.6 Å². The molecule has 0 aliphatic carbocycles. The van der Waals surface area contributed by atoms with Gasteiger partial charge in [0, 0.05) is 43.5 Å². The zero-order valence-corrected chi connectivity index (χ0v) is 14.9. The summed E-state index contributed by atoms with van der Waals surface area (Å²) in [5.74, 6) is 1.83. The minimum absolute atomic E-state index is 0.0989. The molecule has 0 unspecified atom stereocenters. The molecule has 3 heterocycles. The number of fused-ring (bicyclic) bond motifs is 1. The molecule has 0 aromatic carbocycles. The summed E-state index contributed by atoms with van der Waals surface area (Å²) in [6.45, 7) is 8.78. The number of hydrogen-bond donors (Lipinski definition) is 2. The molecule has 0 bridgehead atoms. The summed E-state index contributed by atoms with van der Waals surface area (Å²) in [5.41, 5.74) is 2.80. The molecule has 3 aromatic rings. The Bertz CT molecular complexity index is 893. The average molecular weight is 340 g/mol. The first-order valence-corrected chi connectivity index (χ1v) is 8.64. The molecule has 3 rings (SSSR count). The van der Waals surface area contributed by atoms with E-state index in [0.717, 1.165) is 47.9 Å². The van der Waals surface area contributed by atoms with Crippen LogP contribution >= 0.6 is 0 Å². The van der Waals surface area contributed by atoms with Crippen LogP contribution in [0, 0.1) is 6.92 Å². The Labute approximate surface area is 146 Å². The Kier molecular flexibility index (Phi) is 5.02. The lowest BCUT2D eigenvalue weighted by molar-refractivity contribution is 0.775. The van der Waals surface area contributed by atoms with Crippen LogP contribution in [0.1, 0.15) is 31.4 Å². The lowest BCUT2D eigenvalue weighted by Gasteiger charge is -2.22. The molecule has 0 aliphatic rings. The highest BCUT2D eigenvalue weighted by molar-refractivity contribution is 5.60. The molecule has 25 heavy (non-hydrogen) atoms. The number of pyridine rings is 1. The fourth-order valence-electron chi connectivity index (χ4n) is 2.80. The molecule has 0 atom stereocenters. The van der Waals surface area contributed by atoms with Gasteiger partial charge in [-0.2, -0.15) is 9.61 Å². The van der Waals surface area contributed by atoms with Gasteiger partial charge in [-0.3, -0.25) is 4.79 Å². The molecule has 0 aliphatic heterocycles. The molecule has 3 aromatic heterocycles. The van der Waals surface area contributed by atoms with Crippen molar-refractivity contribution in [1.29, 1.82) is 0 Å². The molecule has 0 radical (unpaired) electrons. The minimum atomic E-state index is -0.0989. The predicted molar refractivity (Wildman–Crippen MR) is 100 cm³/mol. The van der Waals surface area contributed by atoms with Crippen molar-refractivity contribution < 1.29 is 0 Å². The smallest absolute Gasteiger partial charge is 0.247 e. The van der Waals surface area contributed by atoms with E-state index < -0.39 is 0 Å². The molecule has 7 nitrogen and oxygen atoms in total. The van der Waals surface area contributed by atoms with Gasteiger partial charge in [0.25, 0.3) is 0 Å². The van der Waals surface area contributed by atoms with Gasteiger partial charge in [-0.15, -0.1) is 0 Å². The summed E-state index contributed by atoms with van der Waals surface area (Å²) in [4.78, 5) is 20.9. The summed E-state index contributed by atoms with van der Waals surface area (Å²) in [6.07, 6.45) is 4.62. The number of hydrogen-bond acceptors (Lipinski definition) is 5. The Balaban J connectivity index is 1.94. The minimum Gasteiger partial charge on any atom is -0.366 e. The topological polar surface area (TPSA) is 78.3 Å². The highest BCUT2D eigenvalue weighted by atomic mass is 16.1. The number of aromatic amines is 1. The van der Waals surface area contributed by atoms with Crippen molar-refractivity contribution >= 4 is 17.3 Å². The van der Waals surface area contributed by atoms with Crippen molar-refractivity contribution in [2.24, 2.45) is 0 Å². The highest BCUT2D eigenvalue weighted by Gasteiger charge is 2.13. The van der Waals surface area contributed by atoms with E-state index in [9.17, 15) is 4.79 Å². The van der Waals surface area contributed by atoms with Gasteiger partial charge in [0.1, 0.15) is 11.6 Å². The molecule has 0 saturated carbocycles. The third kappa shape index (κ3) is 3.65. The Morgan fingerprint density at radius 2 is 2.16 bits per heavy atom. The highest BCUT2D eigenvalue weighted by Crippen LogP contribution is 2.22. The van der Waals surface area contributed by atoms with E-state index in [1.165, 1.54) is 6.07 Å². The van der Waals surface area contributed by atoms with E-state index in [1.54, 1.807) is 6.20 Å². The number of nitrogens with one attached hydrogen (secondary N) is 2. The average Bonchev–Trinajstić information content (AvgIpc) is 3.00. The van der Waals surface area contributed by atoms with Crippen LogP contribution in [0.2, 0.25) is 0 Å². The van der Waals surface area contributed by atoms with Crippen LogP contribution in [0.25, 0.3) is 5.65 Å². The number of anilines is 2. The van der Waals surface area contributed by atoms with Crippen LogP contribution in [-0.2, 0) is 6.54 Å². The summed E-state index contributed by atoms with van der Waals surface area (Å²) < 4.78 is 1.82. The van der Waals surface area contributed by atoms with Crippen LogP contribution in [0.3, 0.4) is 0 Å². The van der Waals surface area contributed by atoms with E-state index in [0.29, 0.717) is 6.54 Å². The van der Waals surface area contributed by atoms with Crippen LogP contribution in [0.5, 0.6) is 0 Å². The summed E-state index contributed by atoms with van der Waals surface area (Å²) in [6, 6.07) is 5.38. The Hall–Kier alpha value is -2.83. The summed E-state index contributed by atoms with van der Waals surface area (Å²) in [7, 11) is 0. The summed E-state index contributed by atoms with van der Waals surface area (Å²) >= 11 is 0. The molecule has 0 amide bonds. The van der Waals surface area contributed by atoms with Gasteiger partial charge in [0.05, 0.1) is 6.20 Å². The maximum atomic E-state index is 11.2. The van der Waals surface area contributed by atoms with Gasteiger partial charge in [0.2, 0.25) is 5.56 Å². The molecule has 2 N–H and O–H groups in total. The largest absolute Gasteiger partial charge is 0.366 e. The van der Waals surface area contributed by atoms with Crippen molar-refractivity contribution in [2.75, 3.05) is 23.3 Å². The fourth-order valence-corrected chi connectivity index (χ4v) is 2.80. The third-order valence-electron chi connectivity index (χ3n) is 4.16. The van der Waals surface area contributed by atoms with Crippen LogP contribution in [0.15, 0.2) is 35.4 Å². The number of rotatable bonds is 7. The third-order valence-corrected chi connectivity index (χ3v) is 4.16. The Morgan fingerprint density at radius 1 is 1.32 bits per heavy atom. The van der Waals surface area contributed by atoms with Crippen molar-refractivity contribution in [3.63, 3.8) is 0 Å². The SMILES string of the molecule is CCCN(CC)c1cc(NCc2ccc(=O)[nH]c2)n2ncc(C)c2n1. The quantitative estimate of drug-likeness (QED) is 0.691. The standard InChI is InChI=1S/C18H24N6O/c1-4-8-23(5-2)16-9-15(24-18(22-16)13(3)10-21-24)19-11-14-6-7-17(25)20-12-14/h6-7,9-10,12,19H,4-5,8,11H2,1-3H3,(H,20,25).